The number of halogens is 1. The summed E-state index contributed by atoms with van der Waals surface area (Å²) in [6, 6.07) is 1.15. The summed E-state index contributed by atoms with van der Waals surface area (Å²) >= 11 is 5.77. The molecule has 0 saturated carbocycles. The van der Waals surface area contributed by atoms with Crippen LogP contribution in [0.25, 0.3) is 6.08 Å². The first-order valence-electron chi connectivity index (χ1n) is 4.58. The zero-order valence-corrected chi connectivity index (χ0v) is 8.86. The molecule has 0 bridgehead atoms. The van der Waals surface area contributed by atoms with Crippen LogP contribution in [0.2, 0.25) is 5.02 Å². The molecule has 0 unspecified atom stereocenters. The standard InChI is InChI=1S/C10H9ClN2O2/c1-2-15-10(14)8-4-6-3-7(11)5-12-9(6)13-8/h3-5,8H,2H2,1H3/t8-/m1/s1. The Balaban J connectivity index is 2.35. The highest BCUT2D eigenvalue weighted by molar-refractivity contribution is 6.30. The summed E-state index contributed by atoms with van der Waals surface area (Å²) in [4.78, 5) is 19.5. The minimum Gasteiger partial charge on any atom is -0.464 e. The third-order valence-electron chi connectivity index (χ3n) is 1.99. The largest absolute Gasteiger partial charge is 0.464 e. The van der Waals surface area contributed by atoms with Crippen molar-refractivity contribution in [1.29, 1.82) is 0 Å². The maximum Gasteiger partial charge on any atom is 0.334 e. The van der Waals surface area contributed by atoms with Crippen LogP contribution in [0.15, 0.2) is 17.3 Å². The molecule has 1 aromatic heterocycles. The first-order chi connectivity index (χ1) is 7.20. The Morgan fingerprint density at radius 2 is 2.47 bits per heavy atom. The Kier molecular flexibility index (Phi) is 2.68. The van der Waals surface area contributed by atoms with Gasteiger partial charge in [0, 0.05) is 11.4 Å². The predicted octanol–water partition coefficient (Wildman–Crippen LogP) is 0.0804. The summed E-state index contributed by atoms with van der Waals surface area (Å²) in [6.07, 6.45) is 3.21. The fourth-order valence-electron chi connectivity index (χ4n) is 1.37. The van der Waals surface area contributed by atoms with E-state index in [1.165, 1.54) is 6.20 Å². The van der Waals surface area contributed by atoms with Crippen LogP contribution in [-0.4, -0.2) is 23.6 Å². The Labute approximate surface area is 91.3 Å². The molecule has 2 rings (SSSR count). The fraction of sp³-hybridized carbons (Fsp3) is 0.300. The van der Waals surface area contributed by atoms with Crippen molar-refractivity contribution in [3.8, 4) is 0 Å². The van der Waals surface area contributed by atoms with Crippen LogP contribution < -0.4 is 10.7 Å². The van der Waals surface area contributed by atoms with Crippen molar-refractivity contribution in [3.63, 3.8) is 0 Å². The molecular weight excluding hydrogens is 216 g/mol. The number of esters is 1. The van der Waals surface area contributed by atoms with Crippen LogP contribution in [-0.2, 0) is 9.53 Å². The Morgan fingerprint density at radius 1 is 1.67 bits per heavy atom. The van der Waals surface area contributed by atoms with Gasteiger partial charge in [-0.1, -0.05) is 11.6 Å². The summed E-state index contributed by atoms with van der Waals surface area (Å²) in [5, 5.41) is 1.31. The van der Waals surface area contributed by atoms with Crippen LogP contribution in [0.3, 0.4) is 0 Å². The summed E-state index contributed by atoms with van der Waals surface area (Å²) in [6.45, 7) is 2.11. The van der Waals surface area contributed by atoms with Gasteiger partial charge in [0.25, 0.3) is 0 Å². The number of aromatic nitrogens is 1. The Morgan fingerprint density at radius 3 is 3.20 bits per heavy atom. The Hall–Kier alpha value is -1.42. The monoisotopic (exact) mass is 224 g/mol. The van der Waals surface area contributed by atoms with Crippen molar-refractivity contribution >= 4 is 23.6 Å². The number of nitrogens with zero attached hydrogens (tertiary/aromatic N) is 2. The van der Waals surface area contributed by atoms with E-state index in [1.807, 2.05) is 0 Å². The molecule has 0 radical (unpaired) electrons. The summed E-state index contributed by atoms with van der Waals surface area (Å²) in [7, 11) is 0. The molecule has 1 atom stereocenters. The van der Waals surface area contributed by atoms with Gasteiger partial charge in [-0.05, 0) is 19.1 Å². The average molecular weight is 225 g/mol. The van der Waals surface area contributed by atoms with Gasteiger partial charge >= 0.3 is 5.97 Å². The quantitative estimate of drug-likeness (QED) is 0.669. The molecule has 0 aliphatic carbocycles. The van der Waals surface area contributed by atoms with Crippen LogP contribution in [0, 0.1) is 0 Å². The lowest BCUT2D eigenvalue weighted by Gasteiger charge is -2.02. The van der Waals surface area contributed by atoms with E-state index in [0.717, 1.165) is 5.22 Å². The normalized spacial score (nSPS) is 17.6. The number of hydrogen-bond donors (Lipinski definition) is 0. The van der Waals surface area contributed by atoms with Crippen LogP contribution in [0.4, 0.5) is 0 Å². The smallest absolute Gasteiger partial charge is 0.334 e. The summed E-state index contributed by atoms with van der Waals surface area (Å²) in [5.74, 6) is -0.355. The molecule has 0 spiro atoms. The molecule has 2 heterocycles. The number of carbonyl (C=O) groups is 1. The Bertz CT molecular complexity index is 513. The molecule has 15 heavy (non-hydrogen) atoms. The predicted molar refractivity (Wildman–Crippen MR) is 54.9 cm³/mol. The van der Waals surface area contributed by atoms with Crippen LogP contribution in [0.5, 0.6) is 0 Å². The molecule has 1 aliphatic heterocycles. The van der Waals surface area contributed by atoms with Crippen LogP contribution >= 0.6 is 11.6 Å². The zero-order chi connectivity index (χ0) is 10.8. The zero-order valence-electron chi connectivity index (χ0n) is 8.11. The molecule has 0 amide bonds. The molecule has 0 N–H and O–H groups in total. The number of rotatable bonds is 2. The number of hydrogen-bond acceptors (Lipinski definition) is 4. The second kappa shape index (κ2) is 3.98. The molecule has 78 valence electrons. The van der Waals surface area contributed by atoms with Gasteiger partial charge in [-0.2, -0.15) is 0 Å². The van der Waals surface area contributed by atoms with E-state index in [0.29, 0.717) is 17.1 Å². The van der Waals surface area contributed by atoms with Gasteiger partial charge in [-0.3, -0.25) is 0 Å². The number of pyridine rings is 1. The molecule has 0 saturated heterocycles. The van der Waals surface area contributed by atoms with E-state index >= 15 is 0 Å². The second-order valence-electron chi connectivity index (χ2n) is 3.06. The molecule has 1 aromatic rings. The molecule has 4 nitrogen and oxygen atoms in total. The SMILES string of the molecule is CCOC(=O)[C@H]1C=c2cc(Cl)cnc2=N1. The van der Waals surface area contributed by atoms with E-state index in [1.54, 1.807) is 19.1 Å². The highest BCUT2D eigenvalue weighted by Crippen LogP contribution is 2.02. The summed E-state index contributed by atoms with van der Waals surface area (Å²) in [5.41, 5.74) is 0.539. The first-order valence-corrected chi connectivity index (χ1v) is 4.96. The lowest BCUT2D eigenvalue weighted by molar-refractivity contribution is -0.142. The van der Waals surface area contributed by atoms with E-state index < -0.39 is 6.04 Å². The lowest BCUT2D eigenvalue weighted by atomic mass is 10.3. The topological polar surface area (TPSA) is 51.5 Å². The minimum absolute atomic E-state index is 0.350. The van der Waals surface area contributed by atoms with Crippen molar-refractivity contribution in [2.45, 2.75) is 13.0 Å². The number of carbonyl (C=O) groups excluding carboxylic acids is 1. The minimum atomic E-state index is -0.578. The highest BCUT2D eigenvalue weighted by atomic mass is 35.5. The van der Waals surface area contributed by atoms with E-state index in [9.17, 15) is 4.79 Å². The lowest BCUT2D eigenvalue weighted by Crippen LogP contribution is -2.24. The van der Waals surface area contributed by atoms with Gasteiger partial charge in [0.2, 0.25) is 0 Å². The van der Waals surface area contributed by atoms with E-state index in [4.69, 9.17) is 16.3 Å². The van der Waals surface area contributed by atoms with Crippen molar-refractivity contribution in [1.82, 2.24) is 4.98 Å². The molecular formula is C10H9ClN2O2. The van der Waals surface area contributed by atoms with E-state index in [2.05, 4.69) is 9.98 Å². The van der Waals surface area contributed by atoms with Gasteiger partial charge in [-0.15, -0.1) is 0 Å². The third kappa shape index (κ3) is 1.99. The third-order valence-corrected chi connectivity index (χ3v) is 2.20. The fourth-order valence-corrected chi connectivity index (χ4v) is 1.53. The van der Waals surface area contributed by atoms with Gasteiger partial charge in [0.1, 0.15) is 0 Å². The van der Waals surface area contributed by atoms with Crippen molar-refractivity contribution in [2.24, 2.45) is 4.99 Å². The maximum absolute atomic E-state index is 11.4. The summed E-state index contributed by atoms with van der Waals surface area (Å²) < 4.78 is 4.86. The molecule has 0 aromatic carbocycles. The molecule has 1 aliphatic rings. The van der Waals surface area contributed by atoms with Crippen molar-refractivity contribution in [2.75, 3.05) is 6.61 Å². The average Bonchev–Trinajstić information content (AvgIpc) is 2.60. The second-order valence-corrected chi connectivity index (χ2v) is 3.50. The van der Waals surface area contributed by atoms with Crippen LogP contribution in [0.1, 0.15) is 6.92 Å². The maximum atomic E-state index is 11.4. The number of ether oxygens (including phenoxy) is 1. The molecule has 5 heteroatoms. The van der Waals surface area contributed by atoms with Gasteiger partial charge in [0.15, 0.2) is 11.5 Å². The number of fused-ring (bicyclic) bond motifs is 1. The van der Waals surface area contributed by atoms with Gasteiger partial charge in [0.05, 0.1) is 11.6 Å². The van der Waals surface area contributed by atoms with Crippen molar-refractivity contribution < 1.29 is 9.53 Å². The van der Waals surface area contributed by atoms with E-state index in [-0.39, 0.29) is 5.97 Å². The van der Waals surface area contributed by atoms with Crippen molar-refractivity contribution in [3.05, 3.63) is 28.0 Å². The highest BCUT2D eigenvalue weighted by Gasteiger charge is 2.19. The van der Waals surface area contributed by atoms with Gasteiger partial charge in [-0.25, -0.2) is 14.8 Å². The van der Waals surface area contributed by atoms with Gasteiger partial charge < -0.3 is 4.74 Å². The molecule has 0 fully saturated rings. The first kappa shape index (κ1) is 10.1.